The molecule has 0 aromatic heterocycles. The Balaban J connectivity index is 2.36. The lowest BCUT2D eigenvalue weighted by atomic mass is 9.85. The maximum Gasteiger partial charge on any atom is 0.243 e. The van der Waals surface area contributed by atoms with Crippen molar-refractivity contribution in [2.24, 2.45) is 5.41 Å². The summed E-state index contributed by atoms with van der Waals surface area (Å²) in [6, 6.07) is 2.42. The minimum absolute atomic E-state index is 0.112. The second-order valence-electron chi connectivity index (χ2n) is 6.56. The second kappa shape index (κ2) is 5.57. The van der Waals surface area contributed by atoms with Crippen molar-refractivity contribution in [3.05, 3.63) is 23.5 Å². The standard InChI is InChI=1S/C15H23FN2O2S/c1-11-9-12(16)13(17)10-14(11)21(19,20)18-7-4-5-15(2,3)6-8-18/h9-10H,4-8,17H2,1-3H3. The summed E-state index contributed by atoms with van der Waals surface area (Å²) in [5, 5.41) is 0. The summed E-state index contributed by atoms with van der Waals surface area (Å²) >= 11 is 0. The first kappa shape index (κ1) is 16.2. The van der Waals surface area contributed by atoms with E-state index in [1.807, 2.05) is 0 Å². The van der Waals surface area contributed by atoms with Gasteiger partial charge in [-0.2, -0.15) is 4.31 Å². The van der Waals surface area contributed by atoms with Crippen LogP contribution in [0.2, 0.25) is 0 Å². The van der Waals surface area contributed by atoms with Gasteiger partial charge in [-0.1, -0.05) is 13.8 Å². The number of nitrogen functional groups attached to an aromatic ring is 1. The Kier molecular flexibility index (Phi) is 4.31. The van der Waals surface area contributed by atoms with Crippen molar-refractivity contribution in [1.29, 1.82) is 0 Å². The van der Waals surface area contributed by atoms with Crippen molar-refractivity contribution in [3.63, 3.8) is 0 Å². The number of benzene rings is 1. The van der Waals surface area contributed by atoms with E-state index in [0.29, 0.717) is 18.7 Å². The molecule has 21 heavy (non-hydrogen) atoms. The highest BCUT2D eigenvalue weighted by atomic mass is 32.2. The third-order valence-corrected chi connectivity index (χ3v) is 6.25. The van der Waals surface area contributed by atoms with Gasteiger partial charge in [0.1, 0.15) is 5.82 Å². The van der Waals surface area contributed by atoms with Crippen LogP contribution in [0.15, 0.2) is 17.0 Å². The number of halogens is 1. The van der Waals surface area contributed by atoms with Gasteiger partial charge in [0.25, 0.3) is 0 Å². The molecule has 0 radical (unpaired) electrons. The number of hydrogen-bond donors (Lipinski definition) is 1. The summed E-state index contributed by atoms with van der Waals surface area (Å²) < 4.78 is 40.5. The Labute approximate surface area is 126 Å². The topological polar surface area (TPSA) is 63.4 Å². The van der Waals surface area contributed by atoms with E-state index in [-0.39, 0.29) is 16.0 Å². The molecule has 0 bridgehead atoms. The fourth-order valence-corrected chi connectivity index (χ4v) is 4.45. The first-order valence-corrected chi connectivity index (χ1v) is 8.63. The summed E-state index contributed by atoms with van der Waals surface area (Å²) in [5.74, 6) is -0.580. The molecule has 1 aliphatic heterocycles. The lowest BCUT2D eigenvalue weighted by Crippen LogP contribution is -2.33. The van der Waals surface area contributed by atoms with Crippen molar-refractivity contribution >= 4 is 15.7 Å². The highest BCUT2D eigenvalue weighted by molar-refractivity contribution is 7.89. The van der Waals surface area contributed by atoms with E-state index in [4.69, 9.17) is 5.73 Å². The fraction of sp³-hybridized carbons (Fsp3) is 0.600. The molecule has 6 heteroatoms. The van der Waals surface area contributed by atoms with Crippen LogP contribution in [-0.4, -0.2) is 25.8 Å². The molecule has 0 saturated carbocycles. The van der Waals surface area contributed by atoms with Gasteiger partial charge >= 0.3 is 0 Å². The van der Waals surface area contributed by atoms with Crippen LogP contribution in [0.3, 0.4) is 0 Å². The number of nitrogens with zero attached hydrogens (tertiary/aromatic N) is 1. The minimum atomic E-state index is -3.62. The molecule has 1 heterocycles. The molecule has 0 atom stereocenters. The van der Waals surface area contributed by atoms with Crippen LogP contribution in [0.4, 0.5) is 10.1 Å². The monoisotopic (exact) mass is 314 g/mol. The molecular formula is C15H23FN2O2S. The average molecular weight is 314 g/mol. The van der Waals surface area contributed by atoms with Crippen molar-refractivity contribution in [2.45, 2.75) is 44.9 Å². The Morgan fingerprint density at radius 2 is 1.90 bits per heavy atom. The third-order valence-electron chi connectivity index (χ3n) is 4.21. The SMILES string of the molecule is Cc1cc(F)c(N)cc1S(=O)(=O)N1CCCC(C)(C)CC1. The van der Waals surface area contributed by atoms with Crippen LogP contribution < -0.4 is 5.73 Å². The van der Waals surface area contributed by atoms with E-state index in [1.54, 1.807) is 6.92 Å². The first-order chi connectivity index (χ1) is 9.63. The van der Waals surface area contributed by atoms with Gasteiger partial charge in [0.2, 0.25) is 10.0 Å². The second-order valence-corrected chi connectivity index (χ2v) is 8.47. The van der Waals surface area contributed by atoms with Gasteiger partial charge in [0, 0.05) is 13.1 Å². The summed E-state index contributed by atoms with van der Waals surface area (Å²) in [6.45, 7) is 6.90. The van der Waals surface area contributed by atoms with Crippen LogP contribution in [0.25, 0.3) is 0 Å². The van der Waals surface area contributed by atoms with Crippen molar-refractivity contribution in [1.82, 2.24) is 4.31 Å². The molecule has 1 aromatic carbocycles. The number of sulfonamides is 1. The molecule has 0 unspecified atom stereocenters. The predicted octanol–water partition coefficient (Wildman–Crippen LogP) is 2.92. The van der Waals surface area contributed by atoms with E-state index in [2.05, 4.69) is 13.8 Å². The van der Waals surface area contributed by atoms with Crippen molar-refractivity contribution in [3.8, 4) is 0 Å². The molecule has 1 saturated heterocycles. The number of aryl methyl sites for hydroxylation is 1. The molecule has 2 rings (SSSR count). The highest BCUT2D eigenvalue weighted by Gasteiger charge is 2.31. The molecular weight excluding hydrogens is 291 g/mol. The fourth-order valence-electron chi connectivity index (χ4n) is 2.72. The summed E-state index contributed by atoms with van der Waals surface area (Å²) in [6.07, 6.45) is 2.66. The van der Waals surface area contributed by atoms with Crippen LogP contribution in [0.1, 0.15) is 38.7 Å². The number of nitrogens with two attached hydrogens (primary N) is 1. The van der Waals surface area contributed by atoms with Crippen molar-refractivity contribution < 1.29 is 12.8 Å². The van der Waals surface area contributed by atoms with E-state index >= 15 is 0 Å². The maximum atomic E-state index is 13.4. The van der Waals surface area contributed by atoms with Crippen LogP contribution in [0, 0.1) is 18.2 Å². The summed E-state index contributed by atoms with van der Waals surface area (Å²) in [7, 11) is -3.62. The highest BCUT2D eigenvalue weighted by Crippen LogP contribution is 2.33. The quantitative estimate of drug-likeness (QED) is 0.854. The molecule has 0 spiro atoms. The van der Waals surface area contributed by atoms with Gasteiger partial charge in [0.15, 0.2) is 0 Å². The average Bonchev–Trinajstić information content (AvgIpc) is 2.55. The van der Waals surface area contributed by atoms with Gasteiger partial charge in [-0.05, 0) is 49.3 Å². The van der Waals surface area contributed by atoms with Gasteiger partial charge in [-0.25, -0.2) is 12.8 Å². The molecule has 118 valence electrons. The number of anilines is 1. The van der Waals surface area contributed by atoms with Gasteiger partial charge < -0.3 is 5.73 Å². The van der Waals surface area contributed by atoms with Crippen LogP contribution in [-0.2, 0) is 10.0 Å². The molecule has 1 aromatic rings. The molecule has 1 aliphatic rings. The zero-order valence-electron chi connectivity index (χ0n) is 12.8. The number of rotatable bonds is 2. The zero-order valence-corrected chi connectivity index (χ0v) is 13.6. The Morgan fingerprint density at radius 3 is 2.57 bits per heavy atom. The Bertz CT molecular complexity index is 641. The van der Waals surface area contributed by atoms with Gasteiger partial charge in [-0.15, -0.1) is 0 Å². The summed E-state index contributed by atoms with van der Waals surface area (Å²) in [4.78, 5) is 0.112. The molecule has 0 amide bonds. The maximum absolute atomic E-state index is 13.4. The van der Waals surface area contributed by atoms with Crippen LogP contribution >= 0.6 is 0 Å². The van der Waals surface area contributed by atoms with E-state index in [9.17, 15) is 12.8 Å². The van der Waals surface area contributed by atoms with E-state index in [0.717, 1.165) is 19.3 Å². The molecule has 4 nitrogen and oxygen atoms in total. The predicted molar refractivity (Wildman–Crippen MR) is 81.9 cm³/mol. The molecule has 1 fully saturated rings. The molecule has 2 N–H and O–H groups in total. The number of hydrogen-bond acceptors (Lipinski definition) is 3. The Hall–Kier alpha value is -1.14. The lowest BCUT2D eigenvalue weighted by molar-refractivity contribution is 0.315. The smallest absolute Gasteiger partial charge is 0.243 e. The van der Waals surface area contributed by atoms with Crippen molar-refractivity contribution in [2.75, 3.05) is 18.8 Å². The Morgan fingerprint density at radius 1 is 1.24 bits per heavy atom. The molecule has 0 aliphatic carbocycles. The summed E-state index contributed by atoms with van der Waals surface area (Å²) in [5.41, 5.74) is 5.95. The lowest BCUT2D eigenvalue weighted by Gasteiger charge is -2.23. The normalized spacial score (nSPS) is 20.2. The van der Waals surface area contributed by atoms with Gasteiger partial charge in [-0.3, -0.25) is 0 Å². The third kappa shape index (κ3) is 3.37. The van der Waals surface area contributed by atoms with Crippen LogP contribution in [0.5, 0.6) is 0 Å². The minimum Gasteiger partial charge on any atom is -0.396 e. The van der Waals surface area contributed by atoms with E-state index in [1.165, 1.54) is 16.4 Å². The first-order valence-electron chi connectivity index (χ1n) is 7.19. The van der Waals surface area contributed by atoms with Gasteiger partial charge in [0.05, 0.1) is 10.6 Å². The largest absolute Gasteiger partial charge is 0.396 e. The zero-order chi connectivity index (χ0) is 15.8. The van der Waals surface area contributed by atoms with E-state index < -0.39 is 15.8 Å².